The molecule has 0 heterocycles. The van der Waals surface area contributed by atoms with Gasteiger partial charge in [-0.25, -0.2) is 4.79 Å². The van der Waals surface area contributed by atoms with E-state index in [1.165, 1.54) is 6.92 Å². The van der Waals surface area contributed by atoms with Gasteiger partial charge in [-0.3, -0.25) is 14.4 Å². The lowest BCUT2D eigenvalue weighted by Gasteiger charge is -2.28. The van der Waals surface area contributed by atoms with Gasteiger partial charge < -0.3 is 35.6 Å². The lowest BCUT2D eigenvalue weighted by atomic mass is 9.96. The SMILES string of the molecule is CCOC(=O)C[C@H](O)[C@H](CC(C)C)NC(=O)[C@H](C)NC(=O)C[C@H](O)[C@H](CC(C)C)NC(=O)OC(C)(C)C. The second-order valence-electron chi connectivity index (χ2n) is 11.3. The fraction of sp³-hybridized carbons (Fsp3) is 0.846. The number of carbonyl (C=O) groups is 4. The van der Waals surface area contributed by atoms with Gasteiger partial charge in [-0.2, -0.15) is 0 Å². The molecule has 37 heavy (non-hydrogen) atoms. The molecule has 0 fully saturated rings. The van der Waals surface area contributed by atoms with E-state index in [2.05, 4.69) is 16.0 Å². The van der Waals surface area contributed by atoms with Crippen molar-refractivity contribution >= 4 is 23.9 Å². The van der Waals surface area contributed by atoms with Crippen LogP contribution in [0.2, 0.25) is 0 Å². The summed E-state index contributed by atoms with van der Waals surface area (Å²) in [5.74, 6) is -1.44. The summed E-state index contributed by atoms with van der Waals surface area (Å²) in [7, 11) is 0. The summed E-state index contributed by atoms with van der Waals surface area (Å²) in [5.41, 5.74) is -0.713. The summed E-state index contributed by atoms with van der Waals surface area (Å²) >= 11 is 0. The number of alkyl carbamates (subject to hydrolysis) is 1. The third-order valence-corrected chi connectivity index (χ3v) is 5.26. The minimum absolute atomic E-state index is 0.123. The molecule has 0 aromatic rings. The van der Waals surface area contributed by atoms with Crippen molar-refractivity contribution in [2.75, 3.05) is 6.61 Å². The van der Waals surface area contributed by atoms with E-state index in [1.54, 1.807) is 27.7 Å². The van der Waals surface area contributed by atoms with E-state index in [4.69, 9.17) is 9.47 Å². The van der Waals surface area contributed by atoms with Crippen LogP contribution in [0.4, 0.5) is 4.79 Å². The first kappa shape index (κ1) is 34.6. The topological polar surface area (TPSA) is 163 Å². The number of carbonyl (C=O) groups excluding carboxylic acids is 4. The van der Waals surface area contributed by atoms with Crippen molar-refractivity contribution < 1.29 is 38.9 Å². The molecular weight excluding hydrogens is 482 g/mol. The molecular formula is C26H49N3O8. The fourth-order valence-electron chi connectivity index (χ4n) is 3.64. The molecule has 0 aromatic carbocycles. The number of hydrogen-bond acceptors (Lipinski definition) is 8. The first-order valence-corrected chi connectivity index (χ1v) is 13.1. The van der Waals surface area contributed by atoms with Gasteiger partial charge in [-0.05, 0) is 59.3 Å². The molecule has 0 aliphatic rings. The first-order valence-electron chi connectivity index (χ1n) is 13.1. The number of amides is 3. The number of aliphatic hydroxyl groups excluding tert-OH is 2. The van der Waals surface area contributed by atoms with E-state index < -0.39 is 59.8 Å². The highest BCUT2D eigenvalue weighted by Gasteiger charge is 2.30. The molecule has 3 amide bonds. The molecule has 0 unspecified atom stereocenters. The third-order valence-electron chi connectivity index (χ3n) is 5.26. The minimum Gasteiger partial charge on any atom is -0.466 e. The number of nitrogens with one attached hydrogen (secondary N) is 3. The largest absolute Gasteiger partial charge is 0.466 e. The van der Waals surface area contributed by atoms with Gasteiger partial charge in [0.15, 0.2) is 0 Å². The summed E-state index contributed by atoms with van der Waals surface area (Å²) in [6, 6.07) is -2.40. The Balaban J connectivity index is 5.10. The van der Waals surface area contributed by atoms with Crippen LogP contribution < -0.4 is 16.0 Å². The molecule has 11 heteroatoms. The van der Waals surface area contributed by atoms with Gasteiger partial charge in [0, 0.05) is 0 Å². The van der Waals surface area contributed by atoms with Crippen LogP contribution >= 0.6 is 0 Å². The van der Waals surface area contributed by atoms with E-state index in [0.29, 0.717) is 12.8 Å². The third kappa shape index (κ3) is 16.1. The Morgan fingerprint density at radius 2 is 1.27 bits per heavy atom. The van der Waals surface area contributed by atoms with E-state index in [9.17, 15) is 29.4 Å². The van der Waals surface area contributed by atoms with E-state index in [-0.39, 0.29) is 31.3 Å². The average Bonchev–Trinajstić information content (AvgIpc) is 2.70. The van der Waals surface area contributed by atoms with Crippen LogP contribution in [0, 0.1) is 11.8 Å². The Labute approximate surface area is 221 Å². The van der Waals surface area contributed by atoms with Crippen LogP contribution in [0.25, 0.3) is 0 Å². The second kappa shape index (κ2) is 16.4. The molecule has 0 aromatic heterocycles. The zero-order chi connectivity index (χ0) is 28.9. The van der Waals surface area contributed by atoms with Crippen molar-refractivity contribution in [2.24, 2.45) is 11.8 Å². The highest BCUT2D eigenvalue weighted by Crippen LogP contribution is 2.14. The van der Waals surface area contributed by atoms with Crippen LogP contribution in [-0.4, -0.2) is 76.6 Å². The Kier molecular flexibility index (Phi) is 15.4. The normalized spacial score (nSPS) is 15.8. The summed E-state index contributed by atoms with van der Waals surface area (Å²) in [4.78, 5) is 49.3. The second-order valence-corrected chi connectivity index (χ2v) is 11.3. The maximum absolute atomic E-state index is 12.7. The summed E-state index contributed by atoms with van der Waals surface area (Å²) in [5, 5.41) is 29.0. The Hall–Kier alpha value is -2.40. The Morgan fingerprint density at radius 1 is 0.784 bits per heavy atom. The number of esters is 1. The highest BCUT2D eigenvalue weighted by molar-refractivity contribution is 5.87. The monoisotopic (exact) mass is 531 g/mol. The minimum atomic E-state index is -1.20. The van der Waals surface area contributed by atoms with Gasteiger partial charge in [0.2, 0.25) is 11.8 Å². The molecule has 0 bridgehead atoms. The van der Waals surface area contributed by atoms with Gasteiger partial charge in [0.25, 0.3) is 0 Å². The van der Waals surface area contributed by atoms with E-state index >= 15 is 0 Å². The highest BCUT2D eigenvalue weighted by atomic mass is 16.6. The zero-order valence-corrected chi connectivity index (χ0v) is 23.9. The van der Waals surface area contributed by atoms with Crippen molar-refractivity contribution in [3.8, 4) is 0 Å². The van der Waals surface area contributed by atoms with Gasteiger partial charge in [0.1, 0.15) is 11.6 Å². The molecule has 11 nitrogen and oxygen atoms in total. The molecule has 0 saturated heterocycles. The quantitative estimate of drug-likeness (QED) is 0.200. The van der Waals surface area contributed by atoms with Crippen LogP contribution in [0.3, 0.4) is 0 Å². The Morgan fingerprint density at radius 3 is 1.73 bits per heavy atom. The smallest absolute Gasteiger partial charge is 0.407 e. The standard InChI is InChI=1S/C26H49N3O8/c1-10-36-23(33)14-21(31)18(11-15(2)3)28-24(34)17(6)27-22(32)13-20(30)19(12-16(4)5)29-25(35)37-26(7,8)9/h15-21,30-31H,10-14H2,1-9H3,(H,27,32)(H,28,34)(H,29,35)/t17-,18-,19-,20-,21-/m0/s1. The lowest BCUT2D eigenvalue weighted by Crippen LogP contribution is -2.53. The predicted molar refractivity (Wildman–Crippen MR) is 139 cm³/mol. The molecule has 0 rings (SSSR count). The van der Waals surface area contributed by atoms with Crippen molar-refractivity contribution in [3.63, 3.8) is 0 Å². The molecule has 0 aliphatic carbocycles. The molecule has 0 radical (unpaired) electrons. The van der Waals surface area contributed by atoms with Crippen molar-refractivity contribution in [3.05, 3.63) is 0 Å². The van der Waals surface area contributed by atoms with Crippen LogP contribution in [0.5, 0.6) is 0 Å². The van der Waals surface area contributed by atoms with Gasteiger partial charge in [-0.1, -0.05) is 27.7 Å². The number of ether oxygens (including phenoxy) is 2. The van der Waals surface area contributed by atoms with Crippen LogP contribution in [0.15, 0.2) is 0 Å². The Bertz CT molecular complexity index is 736. The first-order chi connectivity index (χ1) is 16.9. The van der Waals surface area contributed by atoms with Gasteiger partial charge in [0.05, 0.1) is 43.7 Å². The van der Waals surface area contributed by atoms with E-state index in [0.717, 1.165) is 0 Å². The molecule has 0 spiro atoms. The maximum atomic E-state index is 12.7. The van der Waals surface area contributed by atoms with Crippen LogP contribution in [0.1, 0.15) is 88.0 Å². The number of rotatable bonds is 15. The molecule has 0 aliphatic heterocycles. The summed E-state index contributed by atoms with van der Waals surface area (Å²) in [6.45, 7) is 16.2. The van der Waals surface area contributed by atoms with Crippen LogP contribution in [-0.2, 0) is 23.9 Å². The van der Waals surface area contributed by atoms with Gasteiger partial charge in [-0.15, -0.1) is 0 Å². The fourth-order valence-corrected chi connectivity index (χ4v) is 3.64. The zero-order valence-electron chi connectivity index (χ0n) is 23.9. The molecule has 0 saturated carbocycles. The molecule has 216 valence electrons. The molecule has 5 N–H and O–H groups in total. The lowest BCUT2D eigenvalue weighted by molar-refractivity contribution is -0.146. The maximum Gasteiger partial charge on any atom is 0.407 e. The average molecular weight is 532 g/mol. The van der Waals surface area contributed by atoms with Gasteiger partial charge >= 0.3 is 12.1 Å². The number of hydrogen-bond donors (Lipinski definition) is 5. The van der Waals surface area contributed by atoms with E-state index in [1.807, 2.05) is 27.7 Å². The van der Waals surface area contributed by atoms with Crippen molar-refractivity contribution in [2.45, 2.75) is 124 Å². The predicted octanol–water partition coefficient (Wildman–Crippen LogP) is 2.03. The summed E-state index contributed by atoms with van der Waals surface area (Å²) < 4.78 is 10.1. The molecule has 5 atom stereocenters. The van der Waals surface area contributed by atoms with Crippen molar-refractivity contribution in [1.82, 2.24) is 16.0 Å². The van der Waals surface area contributed by atoms with Crippen molar-refractivity contribution in [1.29, 1.82) is 0 Å². The number of aliphatic hydroxyl groups is 2. The summed E-state index contributed by atoms with van der Waals surface area (Å²) in [6.07, 6.45) is -2.82.